The van der Waals surface area contributed by atoms with Crippen molar-refractivity contribution in [3.8, 4) is 5.88 Å². The van der Waals surface area contributed by atoms with Gasteiger partial charge < -0.3 is 15.8 Å². The zero-order valence-electron chi connectivity index (χ0n) is 10.1. The smallest absolute Gasteiger partial charge is 0.244 e. The summed E-state index contributed by atoms with van der Waals surface area (Å²) >= 11 is 0. The molecule has 1 fully saturated rings. The highest BCUT2D eigenvalue weighted by atomic mass is 16.5. The van der Waals surface area contributed by atoms with Crippen LogP contribution in [0.5, 0.6) is 5.88 Å². The van der Waals surface area contributed by atoms with Crippen molar-refractivity contribution in [2.45, 2.75) is 25.3 Å². The lowest BCUT2D eigenvalue weighted by Gasteiger charge is -2.22. The van der Waals surface area contributed by atoms with Crippen molar-refractivity contribution in [2.75, 3.05) is 12.4 Å². The number of nitrogens with two attached hydrogens (primary N) is 1. The number of ether oxygens (including phenoxy) is 1. The Hall–Kier alpha value is -1.62. The Labute approximate surface area is 100 Å². The van der Waals surface area contributed by atoms with Gasteiger partial charge in [0.25, 0.3) is 0 Å². The number of amides is 1. The van der Waals surface area contributed by atoms with Gasteiger partial charge in [0, 0.05) is 6.07 Å². The molecule has 0 bridgehead atoms. The first-order chi connectivity index (χ1) is 8.04. The highest BCUT2D eigenvalue weighted by Crippen LogP contribution is 2.38. The second kappa shape index (κ2) is 4.33. The van der Waals surface area contributed by atoms with E-state index < -0.39 is 5.54 Å². The highest BCUT2D eigenvalue weighted by molar-refractivity contribution is 5.98. The van der Waals surface area contributed by atoms with E-state index in [-0.39, 0.29) is 5.91 Å². The van der Waals surface area contributed by atoms with E-state index in [0.717, 1.165) is 12.8 Å². The molecule has 17 heavy (non-hydrogen) atoms. The predicted octanol–water partition coefficient (Wildman–Crippen LogP) is 1.16. The van der Waals surface area contributed by atoms with Gasteiger partial charge in [0.15, 0.2) is 0 Å². The first kappa shape index (κ1) is 11.9. The molecular weight excluding hydrogens is 218 g/mol. The number of nitrogens with one attached hydrogen (secondary N) is 1. The van der Waals surface area contributed by atoms with E-state index in [9.17, 15) is 4.79 Å². The van der Waals surface area contributed by atoms with Crippen LogP contribution in [-0.2, 0) is 4.79 Å². The van der Waals surface area contributed by atoms with Crippen molar-refractivity contribution in [3.63, 3.8) is 0 Å². The molecule has 0 aliphatic heterocycles. The molecule has 1 amide bonds. The molecule has 1 heterocycles. The van der Waals surface area contributed by atoms with Crippen molar-refractivity contribution >= 4 is 11.6 Å². The zero-order chi connectivity index (χ0) is 12.5. The molecule has 1 atom stereocenters. The molecule has 5 nitrogen and oxygen atoms in total. The molecule has 0 aromatic carbocycles. The molecule has 1 aromatic rings. The lowest BCUT2D eigenvalue weighted by molar-refractivity contribution is -0.121. The van der Waals surface area contributed by atoms with Crippen LogP contribution in [0.4, 0.5) is 5.69 Å². The molecule has 0 saturated heterocycles. The summed E-state index contributed by atoms with van der Waals surface area (Å²) in [7, 11) is 1.55. The van der Waals surface area contributed by atoms with Gasteiger partial charge in [-0.15, -0.1) is 0 Å². The molecule has 1 saturated carbocycles. The van der Waals surface area contributed by atoms with Crippen LogP contribution in [0.25, 0.3) is 0 Å². The van der Waals surface area contributed by atoms with E-state index in [1.165, 1.54) is 0 Å². The topological polar surface area (TPSA) is 77.2 Å². The maximum absolute atomic E-state index is 12.0. The summed E-state index contributed by atoms with van der Waals surface area (Å²) in [5.41, 5.74) is 5.85. The van der Waals surface area contributed by atoms with Crippen LogP contribution in [0.15, 0.2) is 18.3 Å². The summed E-state index contributed by atoms with van der Waals surface area (Å²) < 4.78 is 4.94. The normalized spacial score (nSPS) is 18.3. The molecular formula is C12H17N3O2. The molecule has 1 aliphatic carbocycles. The van der Waals surface area contributed by atoms with Gasteiger partial charge in [-0.25, -0.2) is 4.98 Å². The molecule has 0 spiro atoms. The van der Waals surface area contributed by atoms with Gasteiger partial charge >= 0.3 is 0 Å². The first-order valence-electron chi connectivity index (χ1n) is 5.64. The van der Waals surface area contributed by atoms with Gasteiger partial charge in [-0.2, -0.15) is 0 Å². The molecule has 1 aliphatic rings. The maximum Gasteiger partial charge on any atom is 0.244 e. The molecule has 92 valence electrons. The third kappa shape index (κ3) is 2.55. The van der Waals surface area contributed by atoms with E-state index >= 15 is 0 Å². The number of carbonyl (C=O) groups is 1. The summed E-state index contributed by atoms with van der Waals surface area (Å²) in [4.78, 5) is 16.0. The fraction of sp³-hybridized carbons (Fsp3) is 0.500. The van der Waals surface area contributed by atoms with Gasteiger partial charge in [0.2, 0.25) is 11.8 Å². The van der Waals surface area contributed by atoms with E-state index in [1.807, 2.05) is 0 Å². The largest absolute Gasteiger partial charge is 0.481 e. The van der Waals surface area contributed by atoms with Crippen molar-refractivity contribution in [1.29, 1.82) is 0 Å². The summed E-state index contributed by atoms with van der Waals surface area (Å²) in [5.74, 6) is 0.654. The van der Waals surface area contributed by atoms with Crippen LogP contribution in [0, 0.1) is 5.92 Å². The number of hydrogen-bond acceptors (Lipinski definition) is 4. The molecule has 0 radical (unpaired) electrons. The van der Waals surface area contributed by atoms with E-state index in [0.29, 0.717) is 17.5 Å². The van der Waals surface area contributed by atoms with Crippen LogP contribution in [-0.4, -0.2) is 23.5 Å². The number of hydrogen-bond donors (Lipinski definition) is 2. The Bertz CT molecular complexity index is 410. The molecule has 1 aromatic heterocycles. The van der Waals surface area contributed by atoms with Gasteiger partial charge in [0.1, 0.15) is 0 Å². The maximum atomic E-state index is 12.0. The van der Waals surface area contributed by atoms with Crippen LogP contribution < -0.4 is 15.8 Å². The summed E-state index contributed by atoms with van der Waals surface area (Å²) in [5, 5.41) is 2.77. The number of rotatable bonds is 4. The Morgan fingerprint density at radius 3 is 2.76 bits per heavy atom. The van der Waals surface area contributed by atoms with Gasteiger partial charge in [-0.05, 0) is 31.7 Å². The molecule has 3 N–H and O–H groups in total. The van der Waals surface area contributed by atoms with Crippen molar-refractivity contribution in [1.82, 2.24) is 4.98 Å². The molecule has 1 unspecified atom stereocenters. The third-order valence-electron chi connectivity index (χ3n) is 3.12. The Morgan fingerprint density at radius 2 is 2.29 bits per heavy atom. The quantitative estimate of drug-likeness (QED) is 0.820. The van der Waals surface area contributed by atoms with Gasteiger partial charge in [-0.1, -0.05) is 0 Å². The minimum atomic E-state index is -0.792. The summed E-state index contributed by atoms with van der Waals surface area (Å²) in [6.45, 7) is 1.77. The SMILES string of the molecule is COc1ccc(NC(=O)C(C)(N)C2CC2)cn1. The van der Waals surface area contributed by atoms with Crippen molar-refractivity contribution in [3.05, 3.63) is 18.3 Å². The first-order valence-corrected chi connectivity index (χ1v) is 5.64. The standard InChI is InChI=1S/C12H17N3O2/c1-12(13,8-3-4-8)11(16)15-9-5-6-10(17-2)14-7-9/h5-8H,3-4,13H2,1-2H3,(H,15,16). The molecule has 5 heteroatoms. The number of anilines is 1. The fourth-order valence-electron chi connectivity index (χ4n) is 1.71. The second-order valence-electron chi connectivity index (χ2n) is 4.60. The van der Waals surface area contributed by atoms with Crippen LogP contribution in [0.3, 0.4) is 0 Å². The molecule has 2 rings (SSSR count). The average Bonchev–Trinajstić information content (AvgIpc) is 3.14. The average molecular weight is 235 g/mol. The number of nitrogens with zero attached hydrogens (tertiary/aromatic N) is 1. The number of aromatic nitrogens is 1. The van der Waals surface area contributed by atoms with E-state index in [4.69, 9.17) is 10.5 Å². The van der Waals surface area contributed by atoms with Gasteiger partial charge in [0.05, 0.1) is 24.5 Å². The summed E-state index contributed by atoms with van der Waals surface area (Å²) in [6, 6.07) is 3.44. The van der Waals surface area contributed by atoms with Crippen LogP contribution in [0.1, 0.15) is 19.8 Å². The Balaban J connectivity index is 2.02. The number of carbonyl (C=O) groups excluding carboxylic acids is 1. The minimum absolute atomic E-state index is 0.160. The zero-order valence-corrected chi connectivity index (χ0v) is 10.1. The predicted molar refractivity (Wildman–Crippen MR) is 64.7 cm³/mol. The number of methoxy groups -OCH3 is 1. The van der Waals surface area contributed by atoms with Crippen molar-refractivity contribution < 1.29 is 9.53 Å². The minimum Gasteiger partial charge on any atom is -0.481 e. The highest BCUT2D eigenvalue weighted by Gasteiger charge is 2.44. The van der Waals surface area contributed by atoms with Gasteiger partial charge in [-0.3, -0.25) is 4.79 Å². The summed E-state index contributed by atoms with van der Waals surface area (Å²) in [6.07, 6.45) is 3.61. The van der Waals surface area contributed by atoms with E-state index in [1.54, 1.807) is 32.4 Å². The van der Waals surface area contributed by atoms with Crippen molar-refractivity contribution in [2.24, 2.45) is 11.7 Å². The lowest BCUT2D eigenvalue weighted by Crippen LogP contribution is -2.50. The Morgan fingerprint density at radius 1 is 1.59 bits per heavy atom. The Kier molecular flexibility index (Phi) is 3.02. The third-order valence-corrected chi connectivity index (χ3v) is 3.12. The van der Waals surface area contributed by atoms with E-state index in [2.05, 4.69) is 10.3 Å². The fourth-order valence-corrected chi connectivity index (χ4v) is 1.71. The van der Waals surface area contributed by atoms with Crippen LogP contribution >= 0.6 is 0 Å². The number of pyridine rings is 1. The monoisotopic (exact) mass is 235 g/mol. The second-order valence-corrected chi connectivity index (χ2v) is 4.60. The van der Waals surface area contributed by atoms with Crippen LogP contribution in [0.2, 0.25) is 0 Å². The lowest BCUT2D eigenvalue weighted by atomic mass is 9.96.